The predicted molar refractivity (Wildman–Crippen MR) is 83.7 cm³/mol. The van der Waals surface area contributed by atoms with Crippen LogP contribution in [0, 0.1) is 0 Å². The number of hydrogen-bond acceptors (Lipinski definition) is 3. The van der Waals surface area contributed by atoms with Crippen molar-refractivity contribution in [3.63, 3.8) is 0 Å². The molecule has 1 atom stereocenters. The van der Waals surface area contributed by atoms with Crippen LogP contribution in [0.5, 0.6) is 0 Å². The zero-order valence-electron chi connectivity index (χ0n) is 13.5. The number of likely N-dealkylation sites (N-methyl/N-ethyl adjacent to an activating group) is 1. The molecule has 1 aliphatic carbocycles. The van der Waals surface area contributed by atoms with Crippen molar-refractivity contribution in [1.82, 2.24) is 19.8 Å². The van der Waals surface area contributed by atoms with Crippen LogP contribution in [0.15, 0.2) is 12.4 Å². The summed E-state index contributed by atoms with van der Waals surface area (Å²) in [4.78, 5) is 7.08. The van der Waals surface area contributed by atoms with Crippen LogP contribution < -0.4 is 5.32 Å². The average molecular weight is 278 g/mol. The molecule has 1 fully saturated rings. The standard InChI is InChI=1S/C16H30N4/c1-5-11-17-14(15-18-12-13-20(15)4)16(19(2)3)9-7-6-8-10-16/h12-14,17H,5-11H2,1-4H3. The number of hydrogen-bond donors (Lipinski definition) is 1. The fraction of sp³-hybridized carbons (Fsp3) is 0.812. The lowest BCUT2D eigenvalue weighted by atomic mass is 9.74. The summed E-state index contributed by atoms with van der Waals surface area (Å²) in [7, 11) is 6.57. The van der Waals surface area contributed by atoms with Gasteiger partial charge in [-0.15, -0.1) is 0 Å². The number of imidazole rings is 1. The van der Waals surface area contributed by atoms with Gasteiger partial charge in [0.25, 0.3) is 0 Å². The van der Waals surface area contributed by atoms with E-state index in [1.54, 1.807) is 0 Å². The van der Waals surface area contributed by atoms with Crippen molar-refractivity contribution in [3.8, 4) is 0 Å². The third-order valence-electron chi connectivity index (χ3n) is 4.86. The Balaban J connectivity index is 2.34. The van der Waals surface area contributed by atoms with Gasteiger partial charge >= 0.3 is 0 Å². The van der Waals surface area contributed by atoms with Crippen LogP contribution >= 0.6 is 0 Å². The van der Waals surface area contributed by atoms with Crippen LogP contribution in [-0.2, 0) is 7.05 Å². The number of nitrogens with zero attached hydrogens (tertiary/aromatic N) is 3. The molecular formula is C16H30N4. The topological polar surface area (TPSA) is 33.1 Å². The van der Waals surface area contributed by atoms with Gasteiger partial charge in [-0.25, -0.2) is 4.98 Å². The zero-order valence-corrected chi connectivity index (χ0v) is 13.5. The molecule has 0 saturated heterocycles. The summed E-state index contributed by atoms with van der Waals surface area (Å²) in [6.07, 6.45) is 11.7. The highest BCUT2D eigenvalue weighted by Gasteiger charge is 2.43. The summed E-state index contributed by atoms with van der Waals surface area (Å²) >= 11 is 0. The van der Waals surface area contributed by atoms with Crippen molar-refractivity contribution in [2.24, 2.45) is 7.05 Å². The van der Waals surface area contributed by atoms with Crippen molar-refractivity contribution < 1.29 is 0 Å². The van der Waals surface area contributed by atoms with E-state index >= 15 is 0 Å². The minimum absolute atomic E-state index is 0.201. The van der Waals surface area contributed by atoms with E-state index < -0.39 is 0 Å². The highest BCUT2D eigenvalue weighted by molar-refractivity contribution is 5.11. The summed E-state index contributed by atoms with van der Waals surface area (Å²) in [6, 6.07) is 0.317. The van der Waals surface area contributed by atoms with E-state index in [9.17, 15) is 0 Å². The van der Waals surface area contributed by atoms with Gasteiger partial charge in [-0.1, -0.05) is 26.2 Å². The molecule has 4 nitrogen and oxygen atoms in total. The maximum Gasteiger partial charge on any atom is 0.127 e. The molecule has 1 aromatic rings. The van der Waals surface area contributed by atoms with Gasteiger partial charge in [-0.3, -0.25) is 0 Å². The molecule has 1 aliphatic rings. The average Bonchev–Trinajstić information content (AvgIpc) is 2.86. The van der Waals surface area contributed by atoms with E-state index in [0.29, 0.717) is 6.04 Å². The maximum atomic E-state index is 4.65. The van der Waals surface area contributed by atoms with Gasteiger partial charge in [0.2, 0.25) is 0 Å². The van der Waals surface area contributed by atoms with Crippen LogP contribution in [-0.4, -0.2) is 40.6 Å². The summed E-state index contributed by atoms with van der Waals surface area (Å²) in [5, 5.41) is 3.78. The zero-order chi connectivity index (χ0) is 14.6. The largest absolute Gasteiger partial charge is 0.337 e. The summed E-state index contributed by atoms with van der Waals surface area (Å²) < 4.78 is 2.17. The van der Waals surface area contributed by atoms with Crippen molar-refractivity contribution >= 4 is 0 Å². The molecule has 1 unspecified atom stereocenters. The SMILES string of the molecule is CCCNC(c1nccn1C)C1(N(C)C)CCCCC1. The number of nitrogens with one attached hydrogen (secondary N) is 1. The number of aryl methyl sites for hydroxylation is 1. The van der Waals surface area contributed by atoms with E-state index in [2.05, 4.69) is 54.0 Å². The lowest BCUT2D eigenvalue weighted by molar-refractivity contribution is 0.0521. The summed E-state index contributed by atoms with van der Waals surface area (Å²) in [5.41, 5.74) is 0.201. The summed E-state index contributed by atoms with van der Waals surface area (Å²) in [5.74, 6) is 1.18. The van der Waals surface area contributed by atoms with Crippen LogP contribution in [0.1, 0.15) is 57.3 Å². The minimum atomic E-state index is 0.201. The fourth-order valence-corrected chi connectivity index (χ4v) is 3.62. The van der Waals surface area contributed by atoms with Crippen LogP contribution in [0.4, 0.5) is 0 Å². The van der Waals surface area contributed by atoms with E-state index in [1.165, 1.54) is 37.9 Å². The van der Waals surface area contributed by atoms with E-state index in [-0.39, 0.29) is 5.54 Å². The summed E-state index contributed by atoms with van der Waals surface area (Å²) in [6.45, 7) is 3.28. The normalized spacial score (nSPS) is 20.2. The molecule has 20 heavy (non-hydrogen) atoms. The number of aromatic nitrogens is 2. The first-order chi connectivity index (χ1) is 9.62. The Kier molecular flexibility index (Phi) is 5.22. The molecule has 1 heterocycles. The first kappa shape index (κ1) is 15.5. The Morgan fingerprint density at radius 3 is 2.55 bits per heavy atom. The first-order valence-electron chi connectivity index (χ1n) is 8.00. The van der Waals surface area contributed by atoms with Gasteiger partial charge < -0.3 is 14.8 Å². The lowest BCUT2D eigenvalue weighted by Crippen LogP contribution is -2.55. The molecule has 4 heteroatoms. The van der Waals surface area contributed by atoms with Gasteiger partial charge in [-0.2, -0.15) is 0 Å². The van der Waals surface area contributed by atoms with Gasteiger partial charge in [0.15, 0.2) is 0 Å². The van der Waals surface area contributed by atoms with Crippen molar-refractivity contribution in [3.05, 3.63) is 18.2 Å². The Morgan fingerprint density at radius 1 is 1.35 bits per heavy atom. The van der Waals surface area contributed by atoms with Gasteiger partial charge in [0, 0.05) is 25.0 Å². The molecule has 114 valence electrons. The molecule has 2 rings (SSSR count). The smallest absolute Gasteiger partial charge is 0.127 e. The molecule has 0 radical (unpaired) electrons. The van der Waals surface area contributed by atoms with Crippen molar-refractivity contribution in [2.45, 2.75) is 57.0 Å². The molecule has 0 spiro atoms. The highest BCUT2D eigenvalue weighted by Crippen LogP contribution is 2.41. The lowest BCUT2D eigenvalue weighted by Gasteiger charge is -2.48. The maximum absolute atomic E-state index is 4.65. The molecule has 1 saturated carbocycles. The minimum Gasteiger partial charge on any atom is -0.337 e. The molecule has 1 N–H and O–H groups in total. The third kappa shape index (κ3) is 2.91. The monoisotopic (exact) mass is 278 g/mol. The van der Waals surface area contributed by atoms with Crippen LogP contribution in [0.3, 0.4) is 0 Å². The quantitative estimate of drug-likeness (QED) is 0.868. The van der Waals surface area contributed by atoms with E-state index in [0.717, 1.165) is 13.0 Å². The molecule has 1 aromatic heterocycles. The third-order valence-corrected chi connectivity index (χ3v) is 4.86. The Bertz CT molecular complexity index is 404. The Labute approximate surface area is 123 Å². The van der Waals surface area contributed by atoms with Crippen LogP contribution in [0.25, 0.3) is 0 Å². The second-order valence-electron chi connectivity index (χ2n) is 6.34. The van der Waals surface area contributed by atoms with Crippen molar-refractivity contribution in [1.29, 1.82) is 0 Å². The van der Waals surface area contributed by atoms with Gasteiger partial charge in [0.05, 0.1) is 6.04 Å². The van der Waals surface area contributed by atoms with Gasteiger partial charge in [-0.05, 0) is 39.9 Å². The number of rotatable bonds is 6. The fourth-order valence-electron chi connectivity index (χ4n) is 3.62. The molecule has 0 amide bonds. The Morgan fingerprint density at radius 2 is 2.05 bits per heavy atom. The first-order valence-corrected chi connectivity index (χ1v) is 8.00. The molecule has 0 aromatic carbocycles. The molecule has 0 aliphatic heterocycles. The molecule has 0 bridgehead atoms. The predicted octanol–water partition coefficient (Wildman–Crippen LogP) is 2.73. The van der Waals surface area contributed by atoms with E-state index in [1.807, 2.05) is 6.20 Å². The molecular weight excluding hydrogens is 248 g/mol. The second-order valence-corrected chi connectivity index (χ2v) is 6.34. The van der Waals surface area contributed by atoms with Gasteiger partial charge in [0.1, 0.15) is 5.82 Å². The van der Waals surface area contributed by atoms with Crippen LogP contribution in [0.2, 0.25) is 0 Å². The van der Waals surface area contributed by atoms with Crippen molar-refractivity contribution in [2.75, 3.05) is 20.6 Å². The highest BCUT2D eigenvalue weighted by atomic mass is 15.2. The Hall–Kier alpha value is -0.870. The second kappa shape index (κ2) is 6.72. The van der Waals surface area contributed by atoms with E-state index in [4.69, 9.17) is 0 Å².